The van der Waals surface area contributed by atoms with Crippen molar-refractivity contribution >= 4 is 15.9 Å². The Balaban J connectivity index is 2.09. The van der Waals surface area contributed by atoms with E-state index in [-0.39, 0.29) is 17.4 Å². The Labute approximate surface area is 129 Å². The molecule has 1 aromatic rings. The van der Waals surface area contributed by atoms with E-state index in [2.05, 4.69) is 34.7 Å². The fourth-order valence-electron chi connectivity index (χ4n) is 2.89. The number of halogens is 2. The van der Waals surface area contributed by atoms with Gasteiger partial charge in [-0.2, -0.15) is 0 Å². The second kappa shape index (κ2) is 6.54. The summed E-state index contributed by atoms with van der Waals surface area (Å²) in [6, 6.07) is 4.98. The monoisotopic (exact) mass is 342 g/mol. The smallest absolute Gasteiger partial charge is 0.126 e. The molecule has 1 saturated heterocycles. The SMILES string of the molecule is CC(C)(C(N)Cc1cc(Br)ccc1F)N1CCCCC1. The number of likely N-dealkylation sites (tertiary alicyclic amines) is 1. The van der Waals surface area contributed by atoms with E-state index in [4.69, 9.17) is 5.73 Å². The lowest BCUT2D eigenvalue weighted by molar-refractivity contribution is 0.0729. The van der Waals surface area contributed by atoms with Gasteiger partial charge in [-0.1, -0.05) is 22.4 Å². The van der Waals surface area contributed by atoms with E-state index in [9.17, 15) is 4.39 Å². The number of nitrogens with zero attached hydrogens (tertiary/aromatic N) is 1. The van der Waals surface area contributed by atoms with Crippen LogP contribution in [0.5, 0.6) is 0 Å². The molecule has 1 atom stereocenters. The summed E-state index contributed by atoms with van der Waals surface area (Å²) in [5.41, 5.74) is 7.00. The van der Waals surface area contributed by atoms with Gasteiger partial charge in [-0.3, -0.25) is 4.90 Å². The van der Waals surface area contributed by atoms with Gasteiger partial charge in [-0.15, -0.1) is 0 Å². The molecule has 1 heterocycles. The van der Waals surface area contributed by atoms with E-state index in [0.717, 1.165) is 17.6 Å². The van der Waals surface area contributed by atoms with Crippen LogP contribution < -0.4 is 5.73 Å². The molecular formula is C16H24BrFN2. The van der Waals surface area contributed by atoms with Crippen molar-refractivity contribution in [3.63, 3.8) is 0 Å². The Kier molecular flexibility index (Phi) is 5.21. The topological polar surface area (TPSA) is 29.3 Å². The lowest BCUT2D eigenvalue weighted by Crippen LogP contribution is -2.58. The van der Waals surface area contributed by atoms with Crippen LogP contribution in [0.2, 0.25) is 0 Å². The molecule has 1 aromatic carbocycles. The van der Waals surface area contributed by atoms with E-state index >= 15 is 0 Å². The Morgan fingerprint density at radius 3 is 2.60 bits per heavy atom. The van der Waals surface area contributed by atoms with Gasteiger partial charge in [0.2, 0.25) is 0 Å². The molecule has 4 heteroatoms. The first-order chi connectivity index (χ1) is 9.41. The predicted octanol–water partition coefficient (Wildman–Crippen LogP) is 3.72. The minimum atomic E-state index is -0.168. The van der Waals surface area contributed by atoms with Crippen molar-refractivity contribution in [2.45, 2.75) is 51.1 Å². The quantitative estimate of drug-likeness (QED) is 0.903. The number of nitrogens with two attached hydrogens (primary N) is 1. The lowest BCUT2D eigenvalue weighted by Gasteiger charge is -2.44. The van der Waals surface area contributed by atoms with Crippen molar-refractivity contribution < 1.29 is 4.39 Å². The average Bonchev–Trinajstić information content (AvgIpc) is 2.43. The second-order valence-corrected chi connectivity index (χ2v) is 7.16. The van der Waals surface area contributed by atoms with Gasteiger partial charge in [-0.05, 0) is 70.0 Å². The second-order valence-electron chi connectivity index (χ2n) is 6.25. The van der Waals surface area contributed by atoms with Crippen LogP contribution in [0.4, 0.5) is 4.39 Å². The Morgan fingerprint density at radius 1 is 1.30 bits per heavy atom. The third-order valence-corrected chi connectivity index (χ3v) is 5.02. The Bertz CT molecular complexity index is 456. The molecule has 2 N–H and O–H groups in total. The lowest BCUT2D eigenvalue weighted by atomic mass is 9.86. The van der Waals surface area contributed by atoms with Gasteiger partial charge in [0.05, 0.1) is 0 Å². The van der Waals surface area contributed by atoms with Crippen molar-refractivity contribution in [2.75, 3.05) is 13.1 Å². The predicted molar refractivity (Wildman–Crippen MR) is 85.3 cm³/mol. The van der Waals surface area contributed by atoms with Gasteiger partial charge in [0, 0.05) is 16.1 Å². The molecule has 0 aromatic heterocycles. The van der Waals surface area contributed by atoms with Crippen LogP contribution in [0.1, 0.15) is 38.7 Å². The average molecular weight is 343 g/mol. The van der Waals surface area contributed by atoms with Crippen LogP contribution in [0.25, 0.3) is 0 Å². The summed E-state index contributed by atoms with van der Waals surface area (Å²) in [5, 5.41) is 0. The van der Waals surface area contributed by atoms with Crippen LogP contribution in [0.3, 0.4) is 0 Å². The molecule has 1 aliphatic rings. The van der Waals surface area contributed by atoms with E-state index in [0.29, 0.717) is 12.0 Å². The maximum atomic E-state index is 13.9. The molecule has 0 bridgehead atoms. The molecule has 0 saturated carbocycles. The highest BCUT2D eigenvalue weighted by molar-refractivity contribution is 9.10. The van der Waals surface area contributed by atoms with E-state index in [1.54, 1.807) is 6.07 Å². The standard InChI is InChI=1S/C16H24BrFN2/c1-16(2,20-8-4-3-5-9-20)15(19)11-12-10-13(17)6-7-14(12)18/h6-7,10,15H,3-5,8-9,11,19H2,1-2H3. The third kappa shape index (κ3) is 3.60. The van der Waals surface area contributed by atoms with Gasteiger partial charge in [0.1, 0.15) is 5.82 Å². The maximum Gasteiger partial charge on any atom is 0.126 e. The molecule has 112 valence electrons. The number of piperidine rings is 1. The highest BCUT2D eigenvalue weighted by Gasteiger charge is 2.34. The first-order valence-corrected chi connectivity index (χ1v) is 8.15. The zero-order chi connectivity index (χ0) is 14.8. The Hall–Kier alpha value is -0.450. The Morgan fingerprint density at radius 2 is 1.95 bits per heavy atom. The van der Waals surface area contributed by atoms with Crippen LogP contribution in [0.15, 0.2) is 22.7 Å². The summed E-state index contributed by atoms with van der Waals surface area (Å²) in [6.07, 6.45) is 4.35. The number of hydrogen-bond acceptors (Lipinski definition) is 2. The summed E-state index contributed by atoms with van der Waals surface area (Å²) in [6.45, 7) is 6.56. The molecule has 0 radical (unpaired) electrons. The molecule has 0 amide bonds. The van der Waals surface area contributed by atoms with Crippen LogP contribution in [0, 0.1) is 5.82 Å². The zero-order valence-electron chi connectivity index (χ0n) is 12.3. The number of benzene rings is 1. The van der Waals surface area contributed by atoms with Crippen molar-refractivity contribution in [2.24, 2.45) is 5.73 Å². The van der Waals surface area contributed by atoms with E-state index < -0.39 is 0 Å². The zero-order valence-corrected chi connectivity index (χ0v) is 13.9. The summed E-state index contributed by atoms with van der Waals surface area (Å²) >= 11 is 3.40. The summed E-state index contributed by atoms with van der Waals surface area (Å²) in [5.74, 6) is -0.168. The van der Waals surface area contributed by atoms with E-state index in [1.165, 1.54) is 25.3 Å². The fourth-order valence-corrected chi connectivity index (χ4v) is 3.30. The van der Waals surface area contributed by atoms with Gasteiger partial charge >= 0.3 is 0 Å². The summed E-state index contributed by atoms with van der Waals surface area (Å²) < 4.78 is 14.8. The van der Waals surface area contributed by atoms with E-state index in [1.807, 2.05) is 6.07 Å². The first kappa shape index (κ1) is 15.9. The first-order valence-electron chi connectivity index (χ1n) is 7.36. The molecule has 2 nitrogen and oxygen atoms in total. The molecule has 0 aliphatic carbocycles. The normalized spacial score (nSPS) is 19.1. The van der Waals surface area contributed by atoms with Crippen molar-refractivity contribution in [1.82, 2.24) is 4.90 Å². The summed E-state index contributed by atoms with van der Waals surface area (Å²) in [4.78, 5) is 2.46. The minimum absolute atomic E-state index is 0.0793. The molecule has 0 spiro atoms. The number of rotatable bonds is 4. The van der Waals surface area contributed by atoms with Crippen molar-refractivity contribution in [1.29, 1.82) is 0 Å². The molecule has 1 unspecified atom stereocenters. The molecule has 1 aliphatic heterocycles. The minimum Gasteiger partial charge on any atom is -0.326 e. The molecule has 1 fully saturated rings. The molecule has 2 rings (SSSR count). The summed E-state index contributed by atoms with van der Waals surface area (Å²) in [7, 11) is 0. The van der Waals surface area contributed by atoms with Crippen LogP contribution >= 0.6 is 15.9 Å². The molecular weight excluding hydrogens is 319 g/mol. The van der Waals surface area contributed by atoms with Gasteiger partial charge in [-0.25, -0.2) is 4.39 Å². The van der Waals surface area contributed by atoms with Crippen molar-refractivity contribution in [3.05, 3.63) is 34.1 Å². The van der Waals surface area contributed by atoms with Gasteiger partial charge < -0.3 is 5.73 Å². The number of hydrogen-bond donors (Lipinski definition) is 1. The highest BCUT2D eigenvalue weighted by atomic mass is 79.9. The van der Waals surface area contributed by atoms with Gasteiger partial charge in [0.25, 0.3) is 0 Å². The maximum absolute atomic E-state index is 13.9. The largest absolute Gasteiger partial charge is 0.326 e. The van der Waals surface area contributed by atoms with Crippen molar-refractivity contribution in [3.8, 4) is 0 Å². The van der Waals surface area contributed by atoms with Crippen LogP contribution in [-0.4, -0.2) is 29.6 Å². The molecule has 20 heavy (non-hydrogen) atoms. The highest BCUT2D eigenvalue weighted by Crippen LogP contribution is 2.26. The third-order valence-electron chi connectivity index (χ3n) is 4.53. The van der Waals surface area contributed by atoms with Gasteiger partial charge in [0.15, 0.2) is 0 Å². The fraction of sp³-hybridized carbons (Fsp3) is 0.625. The van der Waals surface area contributed by atoms with Crippen LogP contribution in [-0.2, 0) is 6.42 Å².